The number of fused-ring (bicyclic) bond motifs is 5. The Bertz CT molecular complexity index is 1250. The number of aliphatic carboxylic acids is 2. The number of carbonyl (C=O) groups excluding carboxylic acids is 3. The fraction of sp³-hybridized carbons (Fsp3) is 0.607. The first kappa shape index (κ1) is 30.6. The van der Waals surface area contributed by atoms with Gasteiger partial charge >= 0.3 is 11.9 Å². The van der Waals surface area contributed by atoms with Gasteiger partial charge in [0.15, 0.2) is 11.5 Å². The number of nitrogens with two attached hydrogens (primary N) is 1. The summed E-state index contributed by atoms with van der Waals surface area (Å²) in [5.41, 5.74) is 6.95. The monoisotopic (exact) mass is 591 g/mol. The first-order chi connectivity index (χ1) is 19.3. The number of aromatic hydroxyl groups is 2. The van der Waals surface area contributed by atoms with E-state index in [0.29, 0.717) is 29.4 Å². The first-order valence-electron chi connectivity index (χ1n) is 13.8. The van der Waals surface area contributed by atoms with Gasteiger partial charge in [-0.2, -0.15) is 0 Å². The zero-order valence-electron chi connectivity index (χ0n) is 22.9. The fourth-order valence-electron chi connectivity index (χ4n) is 6.91. The maximum absolute atomic E-state index is 12.8. The molecule has 2 fully saturated rings. The number of thioether (sulfide) groups is 1. The molecule has 3 aliphatic rings. The van der Waals surface area contributed by atoms with Crippen molar-refractivity contribution >= 4 is 41.3 Å². The molecule has 1 aromatic carbocycles. The van der Waals surface area contributed by atoms with E-state index in [2.05, 4.69) is 17.6 Å². The second-order valence-corrected chi connectivity index (χ2v) is 12.5. The van der Waals surface area contributed by atoms with Crippen molar-refractivity contribution in [1.29, 1.82) is 0 Å². The molecule has 0 bridgehead atoms. The number of phenolic OH excluding ortho intramolecular Hbond substituents is 2. The molecule has 0 radical (unpaired) electrons. The average molecular weight is 592 g/mol. The Kier molecular flexibility index (Phi) is 9.17. The van der Waals surface area contributed by atoms with Crippen molar-refractivity contribution in [2.75, 3.05) is 12.3 Å². The van der Waals surface area contributed by atoms with E-state index >= 15 is 0 Å². The zero-order valence-corrected chi connectivity index (χ0v) is 23.7. The normalized spacial score (nSPS) is 26.2. The smallest absolute Gasteiger partial charge is 0.322 e. The van der Waals surface area contributed by atoms with Crippen LogP contribution in [0, 0.1) is 17.3 Å². The maximum Gasteiger partial charge on any atom is 0.322 e. The van der Waals surface area contributed by atoms with Crippen LogP contribution in [0.1, 0.15) is 68.9 Å². The number of rotatable bonds is 11. The van der Waals surface area contributed by atoms with Gasteiger partial charge in [-0.1, -0.05) is 6.92 Å². The van der Waals surface area contributed by atoms with Gasteiger partial charge in [-0.3, -0.25) is 24.0 Å². The van der Waals surface area contributed by atoms with E-state index in [-0.39, 0.29) is 47.3 Å². The maximum atomic E-state index is 12.8. The summed E-state index contributed by atoms with van der Waals surface area (Å²) in [7, 11) is 0. The Morgan fingerprint density at radius 3 is 2.56 bits per heavy atom. The van der Waals surface area contributed by atoms with Crippen LogP contribution in [-0.4, -0.2) is 74.3 Å². The number of nitrogens with one attached hydrogen (secondary N) is 2. The summed E-state index contributed by atoms with van der Waals surface area (Å²) in [4.78, 5) is 60.3. The number of hydrogen-bond donors (Lipinski definition) is 7. The Balaban J connectivity index is 1.54. The van der Waals surface area contributed by atoms with E-state index in [9.17, 15) is 34.2 Å². The molecule has 6 atom stereocenters. The van der Waals surface area contributed by atoms with Crippen LogP contribution in [0.2, 0.25) is 0 Å². The van der Waals surface area contributed by atoms with E-state index in [4.69, 9.17) is 15.9 Å². The summed E-state index contributed by atoms with van der Waals surface area (Å²) in [5.74, 6) is -3.62. The summed E-state index contributed by atoms with van der Waals surface area (Å²) in [5, 5.41) is 44.1. The van der Waals surface area contributed by atoms with Crippen LogP contribution in [0.25, 0.3) is 0 Å². The van der Waals surface area contributed by atoms with Gasteiger partial charge in [0.05, 0.1) is 4.90 Å². The van der Waals surface area contributed by atoms with Crippen LogP contribution >= 0.6 is 11.8 Å². The molecule has 1 aromatic rings. The minimum atomic E-state index is -1.27. The molecule has 0 heterocycles. The SMILES string of the molecule is C[C@]12CC[C@@H]3c4cc(O)c(O)c(SC[C@@H](NC(=O)CC[C@H](N)C(=O)O)C(=O)NCC(=O)O)c4CC[C@H]3[C@@H]1CCC2=O. The zero-order chi connectivity index (χ0) is 30.1. The first-order valence-corrected chi connectivity index (χ1v) is 14.8. The standard InChI is InChI=1S/C28H37N3O9S/c1-28-9-8-13-14(17(28)4-6-21(28)33)2-3-15-16(13)10-20(32)24(37)25(15)41-12-19(26(38)30-11-23(35)36)31-22(34)7-5-18(29)27(39)40/h10,13-14,17-19,32,37H,2-9,11-12,29H2,1H3,(H,30,38)(H,31,34)(H,35,36)(H,39,40)/t13-,14+,17-,18-,19+,28-/m0/s1. The van der Waals surface area contributed by atoms with E-state index in [0.717, 1.165) is 48.6 Å². The van der Waals surface area contributed by atoms with Gasteiger partial charge in [0.25, 0.3) is 0 Å². The molecule has 4 rings (SSSR count). The number of ketones is 1. The molecule has 3 aliphatic carbocycles. The molecule has 12 nitrogen and oxygen atoms in total. The molecule has 2 saturated carbocycles. The summed E-state index contributed by atoms with van der Waals surface area (Å²) in [6, 6.07) is -0.856. The summed E-state index contributed by atoms with van der Waals surface area (Å²) < 4.78 is 0. The van der Waals surface area contributed by atoms with Crippen LogP contribution in [0.3, 0.4) is 0 Å². The van der Waals surface area contributed by atoms with Gasteiger partial charge < -0.3 is 36.8 Å². The minimum absolute atomic E-state index is 0.0884. The highest BCUT2D eigenvalue weighted by atomic mass is 32.2. The molecule has 224 valence electrons. The van der Waals surface area contributed by atoms with Gasteiger partial charge in [0.2, 0.25) is 11.8 Å². The van der Waals surface area contributed by atoms with Crippen LogP contribution < -0.4 is 16.4 Å². The lowest BCUT2D eigenvalue weighted by atomic mass is 9.55. The molecule has 0 spiro atoms. The van der Waals surface area contributed by atoms with Crippen LogP contribution in [0.4, 0.5) is 0 Å². The predicted molar refractivity (Wildman–Crippen MR) is 148 cm³/mol. The van der Waals surface area contributed by atoms with Crippen molar-refractivity contribution in [2.24, 2.45) is 23.0 Å². The second-order valence-electron chi connectivity index (χ2n) is 11.5. The fourth-order valence-corrected chi connectivity index (χ4v) is 8.11. The Morgan fingerprint density at radius 2 is 1.88 bits per heavy atom. The topological polar surface area (TPSA) is 216 Å². The molecule has 0 saturated heterocycles. The van der Waals surface area contributed by atoms with E-state index in [1.54, 1.807) is 6.07 Å². The lowest BCUT2D eigenvalue weighted by Crippen LogP contribution is -2.49. The van der Waals surface area contributed by atoms with E-state index in [1.807, 2.05) is 0 Å². The number of amides is 2. The lowest BCUT2D eigenvalue weighted by molar-refractivity contribution is -0.139. The number of carbonyl (C=O) groups is 5. The largest absolute Gasteiger partial charge is 0.504 e. The Hall–Kier alpha value is -3.32. The van der Waals surface area contributed by atoms with Gasteiger partial charge in [-0.15, -0.1) is 11.8 Å². The van der Waals surface area contributed by atoms with E-state index < -0.39 is 42.4 Å². The van der Waals surface area contributed by atoms with Crippen LogP contribution in [0.15, 0.2) is 11.0 Å². The third-order valence-electron chi connectivity index (χ3n) is 9.11. The van der Waals surface area contributed by atoms with Crippen molar-refractivity contribution in [1.82, 2.24) is 10.6 Å². The molecular formula is C28H37N3O9S. The van der Waals surface area contributed by atoms with Crippen LogP contribution in [0.5, 0.6) is 11.5 Å². The quantitative estimate of drug-likeness (QED) is 0.144. The lowest BCUT2D eigenvalue weighted by Gasteiger charge is -2.48. The molecule has 13 heteroatoms. The Labute approximate surface area is 241 Å². The highest BCUT2D eigenvalue weighted by Gasteiger charge is 2.54. The highest BCUT2D eigenvalue weighted by molar-refractivity contribution is 7.99. The van der Waals surface area contributed by atoms with Gasteiger partial charge in [0.1, 0.15) is 24.4 Å². The number of carboxylic acid groups (broad SMARTS) is 2. The van der Waals surface area contributed by atoms with Gasteiger partial charge in [-0.05, 0) is 73.5 Å². The number of hydrogen-bond acceptors (Lipinski definition) is 9. The van der Waals surface area contributed by atoms with Crippen LogP contribution in [-0.2, 0) is 30.4 Å². The molecule has 0 aliphatic heterocycles. The predicted octanol–water partition coefficient (Wildman–Crippen LogP) is 1.49. The minimum Gasteiger partial charge on any atom is -0.504 e. The van der Waals surface area contributed by atoms with Crippen molar-refractivity contribution in [3.05, 3.63) is 17.2 Å². The third-order valence-corrected chi connectivity index (χ3v) is 10.3. The summed E-state index contributed by atoms with van der Waals surface area (Å²) in [6.45, 7) is 1.41. The van der Waals surface area contributed by atoms with Gasteiger partial charge in [-0.25, -0.2) is 0 Å². The Morgan fingerprint density at radius 1 is 1.15 bits per heavy atom. The molecule has 0 unspecified atom stereocenters. The number of Topliss-reactive ketones (excluding diaryl/α,β-unsaturated/α-hetero) is 1. The molecule has 0 aromatic heterocycles. The number of carboxylic acids is 2. The molecule has 8 N–H and O–H groups in total. The summed E-state index contributed by atoms with van der Waals surface area (Å²) >= 11 is 1.07. The molecular weight excluding hydrogens is 554 g/mol. The summed E-state index contributed by atoms with van der Waals surface area (Å²) in [6.07, 6.45) is 4.03. The third kappa shape index (κ3) is 6.30. The van der Waals surface area contributed by atoms with Crippen molar-refractivity contribution in [2.45, 2.75) is 81.2 Å². The highest BCUT2D eigenvalue weighted by Crippen LogP contribution is 2.61. The number of benzene rings is 1. The van der Waals surface area contributed by atoms with E-state index in [1.165, 1.54) is 0 Å². The molecule has 2 amide bonds. The van der Waals surface area contributed by atoms with Crippen molar-refractivity contribution < 1.29 is 44.4 Å². The van der Waals surface area contributed by atoms with Gasteiger partial charge in [0, 0.05) is 24.0 Å². The average Bonchev–Trinajstić information content (AvgIpc) is 3.23. The van der Waals surface area contributed by atoms with Crippen molar-refractivity contribution in [3.8, 4) is 11.5 Å². The van der Waals surface area contributed by atoms with Crippen molar-refractivity contribution in [3.63, 3.8) is 0 Å². The second kappa shape index (κ2) is 12.3. The number of phenols is 2. The molecule has 41 heavy (non-hydrogen) atoms.